The van der Waals surface area contributed by atoms with E-state index in [1.54, 1.807) is 0 Å². The second kappa shape index (κ2) is 3.23. The zero-order chi connectivity index (χ0) is 10.3. The van der Waals surface area contributed by atoms with E-state index in [-0.39, 0.29) is 5.91 Å². The molecule has 2 nitrogen and oxygen atoms in total. The topological polar surface area (TPSA) is 29.1 Å². The van der Waals surface area contributed by atoms with Gasteiger partial charge in [0.25, 0.3) is 0 Å². The predicted octanol–water partition coefficient (Wildman–Crippen LogP) is 1.60. The summed E-state index contributed by atoms with van der Waals surface area (Å²) in [4.78, 5) is 11.5. The van der Waals surface area contributed by atoms with E-state index < -0.39 is 0 Å². The molecule has 0 spiro atoms. The maximum atomic E-state index is 11.5. The van der Waals surface area contributed by atoms with Crippen molar-refractivity contribution in [1.82, 2.24) is 5.32 Å². The number of rotatable bonds is 0. The Morgan fingerprint density at radius 3 is 2.73 bits per heavy atom. The number of aryl methyl sites for hydroxylation is 1. The first-order chi connectivity index (χ1) is 7.34. The van der Waals surface area contributed by atoms with Crippen molar-refractivity contribution < 1.29 is 4.79 Å². The van der Waals surface area contributed by atoms with Crippen LogP contribution in [0.1, 0.15) is 17.5 Å². The molecule has 15 heavy (non-hydrogen) atoms. The normalized spacial score (nSPS) is 19.3. The number of benzene rings is 1. The van der Waals surface area contributed by atoms with Crippen molar-refractivity contribution in [1.29, 1.82) is 0 Å². The molecule has 1 aromatic carbocycles. The lowest BCUT2D eigenvalue weighted by Crippen LogP contribution is -2.18. The third-order valence-electron chi connectivity index (χ3n) is 3.33. The van der Waals surface area contributed by atoms with E-state index in [4.69, 9.17) is 0 Å². The molecular formula is C13H13NO. The number of hydrogen-bond donors (Lipinski definition) is 1. The van der Waals surface area contributed by atoms with Gasteiger partial charge in [-0.25, -0.2) is 0 Å². The average Bonchev–Trinajstić information content (AvgIpc) is 2.51. The molecule has 2 aliphatic rings. The monoisotopic (exact) mass is 199 g/mol. The third-order valence-corrected chi connectivity index (χ3v) is 3.33. The molecule has 1 aliphatic carbocycles. The van der Waals surface area contributed by atoms with Crippen molar-refractivity contribution in [3.8, 4) is 0 Å². The van der Waals surface area contributed by atoms with E-state index in [1.807, 2.05) is 0 Å². The molecule has 1 heterocycles. The van der Waals surface area contributed by atoms with Gasteiger partial charge in [-0.15, -0.1) is 0 Å². The van der Waals surface area contributed by atoms with Crippen LogP contribution in [0.25, 0.3) is 0 Å². The Hall–Kier alpha value is -1.57. The molecule has 2 heteroatoms. The van der Waals surface area contributed by atoms with Crippen LogP contribution in [0.4, 0.5) is 0 Å². The Labute approximate surface area is 89.0 Å². The first kappa shape index (κ1) is 8.72. The zero-order valence-electron chi connectivity index (χ0n) is 8.55. The number of amides is 1. The highest BCUT2D eigenvalue weighted by Crippen LogP contribution is 2.27. The Bertz CT molecular complexity index is 459. The number of hydrogen-bond acceptors (Lipinski definition) is 1. The largest absolute Gasteiger partial charge is 0.349 e. The molecule has 1 N–H and O–H groups in total. The molecule has 0 fully saturated rings. The molecule has 0 atom stereocenters. The van der Waals surface area contributed by atoms with Crippen LogP contribution in [0.15, 0.2) is 35.4 Å². The molecule has 0 saturated heterocycles. The number of nitrogens with one attached hydrogen (secondary N) is 1. The second-order valence-corrected chi connectivity index (χ2v) is 4.21. The highest BCUT2D eigenvalue weighted by Gasteiger charge is 2.24. The average molecular weight is 199 g/mol. The maximum absolute atomic E-state index is 11.5. The van der Waals surface area contributed by atoms with E-state index in [0.29, 0.717) is 0 Å². The summed E-state index contributed by atoms with van der Waals surface area (Å²) in [5.41, 5.74) is 5.12. The molecule has 0 radical (unpaired) electrons. The zero-order valence-corrected chi connectivity index (χ0v) is 8.55. The smallest absolute Gasteiger partial charge is 0.247 e. The van der Waals surface area contributed by atoms with Gasteiger partial charge in [0.2, 0.25) is 5.91 Å². The summed E-state index contributed by atoms with van der Waals surface area (Å²) in [5, 5.41) is 2.91. The van der Waals surface area contributed by atoms with Gasteiger partial charge in [-0.3, -0.25) is 4.79 Å². The van der Waals surface area contributed by atoms with Gasteiger partial charge in [0.05, 0.1) is 0 Å². The standard InChI is InChI=1S/C13H13NO/c15-13-12-6-5-9-3-1-2-4-10(9)7-11(12)8-14-13/h1-4H,5-8H2,(H,14,15). The Morgan fingerprint density at radius 1 is 1.07 bits per heavy atom. The van der Waals surface area contributed by atoms with Crippen molar-refractivity contribution in [3.63, 3.8) is 0 Å². The van der Waals surface area contributed by atoms with Crippen molar-refractivity contribution in [2.45, 2.75) is 19.3 Å². The molecule has 76 valence electrons. The lowest BCUT2D eigenvalue weighted by atomic mass is 10.0. The molecule has 1 aliphatic heterocycles. The van der Waals surface area contributed by atoms with Crippen LogP contribution < -0.4 is 5.32 Å². The fraction of sp³-hybridized carbons (Fsp3) is 0.308. The van der Waals surface area contributed by atoms with Gasteiger partial charge in [-0.2, -0.15) is 0 Å². The van der Waals surface area contributed by atoms with Gasteiger partial charge in [-0.05, 0) is 36.0 Å². The van der Waals surface area contributed by atoms with Crippen molar-refractivity contribution in [3.05, 3.63) is 46.5 Å². The van der Waals surface area contributed by atoms with E-state index in [9.17, 15) is 4.79 Å². The molecule has 0 saturated carbocycles. The molecular weight excluding hydrogens is 186 g/mol. The van der Waals surface area contributed by atoms with Crippen LogP contribution in [-0.2, 0) is 17.6 Å². The van der Waals surface area contributed by atoms with E-state index >= 15 is 0 Å². The fourth-order valence-electron chi connectivity index (χ4n) is 2.48. The third kappa shape index (κ3) is 1.37. The van der Waals surface area contributed by atoms with Crippen LogP contribution in [0.3, 0.4) is 0 Å². The van der Waals surface area contributed by atoms with E-state index in [0.717, 1.165) is 31.4 Å². The number of fused-ring (bicyclic) bond motifs is 1. The van der Waals surface area contributed by atoms with Gasteiger partial charge < -0.3 is 5.32 Å². The Balaban J connectivity index is 2.02. The molecule has 0 unspecified atom stereocenters. The first-order valence-electron chi connectivity index (χ1n) is 5.40. The van der Waals surface area contributed by atoms with Crippen molar-refractivity contribution in [2.75, 3.05) is 6.54 Å². The second-order valence-electron chi connectivity index (χ2n) is 4.21. The number of carbonyl (C=O) groups excluding carboxylic acids is 1. The molecule has 1 aromatic rings. The summed E-state index contributed by atoms with van der Waals surface area (Å²) >= 11 is 0. The van der Waals surface area contributed by atoms with Crippen LogP contribution in [0.2, 0.25) is 0 Å². The summed E-state index contributed by atoms with van der Waals surface area (Å²) < 4.78 is 0. The molecule has 1 amide bonds. The predicted molar refractivity (Wildman–Crippen MR) is 58.5 cm³/mol. The SMILES string of the molecule is O=C1NCC2=C1CCc1ccccc1C2. The van der Waals surface area contributed by atoms with Crippen LogP contribution >= 0.6 is 0 Å². The van der Waals surface area contributed by atoms with Crippen LogP contribution in [0.5, 0.6) is 0 Å². The lowest BCUT2D eigenvalue weighted by Gasteiger charge is -2.06. The maximum Gasteiger partial charge on any atom is 0.247 e. The van der Waals surface area contributed by atoms with Gasteiger partial charge in [-0.1, -0.05) is 24.3 Å². The molecule has 0 bridgehead atoms. The number of carbonyl (C=O) groups is 1. The van der Waals surface area contributed by atoms with Crippen molar-refractivity contribution >= 4 is 5.91 Å². The summed E-state index contributed by atoms with van der Waals surface area (Å²) in [6.07, 6.45) is 2.85. The van der Waals surface area contributed by atoms with Gasteiger partial charge in [0.15, 0.2) is 0 Å². The van der Waals surface area contributed by atoms with Crippen LogP contribution in [-0.4, -0.2) is 12.5 Å². The summed E-state index contributed by atoms with van der Waals surface area (Å²) in [6, 6.07) is 8.51. The minimum atomic E-state index is 0.151. The van der Waals surface area contributed by atoms with E-state index in [1.165, 1.54) is 16.7 Å². The van der Waals surface area contributed by atoms with Crippen molar-refractivity contribution in [2.24, 2.45) is 0 Å². The summed E-state index contributed by atoms with van der Waals surface area (Å²) in [7, 11) is 0. The lowest BCUT2D eigenvalue weighted by molar-refractivity contribution is -0.116. The highest BCUT2D eigenvalue weighted by molar-refractivity contribution is 5.97. The first-order valence-corrected chi connectivity index (χ1v) is 5.40. The minimum absolute atomic E-state index is 0.151. The fourth-order valence-corrected chi connectivity index (χ4v) is 2.48. The quantitative estimate of drug-likeness (QED) is 0.675. The van der Waals surface area contributed by atoms with Gasteiger partial charge >= 0.3 is 0 Å². The Kier molecular flexibility index (Phi) is 1.88. The Morgan fingerprint density at radius 2 is 1.87 bits per heavy atom. The van der Waals surface area contributed by atoms with E-state index in [2.05, 4.69) is 29.6 Å². The molecule has 3 rings (SSSR count). The summed E-state index contributed by atoms with van der Waals surface area (Å²) in [6.45, 7) is 0.752. The molecule has 0 aromatic heterocycles. The highest BCUT2D eigenvalue weighted by atomic mass is 16.1. The van der Waals surface area contributed by atoms with Gasteiger partial charge in [0, 0.05) is 12.1 Å². The van der Waals surface area contributed by atoms with Gasteiger partial charge in [0.1, 0.15) is 0 Å². The minimum Gasteiger partial charge on any atom is -0.349 e. The van der Waals surface area contributed by atoms with Crippen LogP contribution in [0, 0.1) is 0 Å². The summed E-state index contributed by atoms with van der Waals surface area (Å²) in [5.74, 6) is 0.151.